The summed E-state index contributed by atoms with van der Waals surface area (Å²) in [6.07, 6.45) is 0.295. The molecular weight excluding hydrogens is 256 g/mol. The number of hydrogen-bond donors (Lipinski definition) is 1. The number of sulfonamides is 1. The maximum absolute atomic E-state index is 11.8. The lowest BCUT2D eigenvalue weighted by molar-refractivity contribution is -0.136. The average Bonchev–Trinajstić information content (AvgIpc) is 2.20. The Bertz CT molecular complexity index is 395. The van der Waals surface area contributed by atoms with Gasteiger partial charge in [0, 0.05) is 5.88 Å². The lowest BCUT2D eigenvalue weighted by Crippen LogP contribution is -2.58. The Morgan fingerprint density at radius 3 is 2.69 bits per heavy atom. The molecular formula is C8H13ClN2O4S. The van der Waals surface area contributed by atoms with Gasteiger partial charge in [-0.05, 0) is 13.3 Å². The van der Waals surface area contributed by atoms with Crippen molar-refractivity contribution in [2.24, 2.45) is 0 Å². The molecule has 0 aliphatic carbocycles. The summed E-state index contributed by atoms with van der Waals surface area (Å²) in [6.45, 7) is 1.14. The predicted octanol–water partition coefficient (Wildman–Crippen LogP) is -0.708. The van der Waals surface area contributed by atoms with Crippen LogP contribution in [0.2, 0.25) is 0 Å². The van der Waals surface area contributed by atoms with E-state index in [-0.39, 0.29) is 18.2 Å². The molecule has 1 aliphatic rings. The van der Waals surface area contributed by atoms with Crippen LogP contribution >= 0.6 is 11.6 Å². The van der Waals surface area contributed by atoms with E-state index in [0.29, 0.717) is 6.42 Å². The number of rotatable bonds is 4. The first-order valence-electron chi connectivity index (χ1n) is 4.77. The Kier molecular flexibility index (Phi) is 4.28. The number of carbonyl (C=O) groups excluding carboxylic acids is 2. The average molecular weight is 269 g/mol. The molecule has 0 spiro atoms. The zero-order chi connectivity index (χ0) is 12.3. The third-order valence-electron chi connectivity index (χ3n) is 2.27. The molecule has 6 nitrogen and oxygen atoms in total. The summed E-state index contributed by atoms with van der Waals surface area (Å²) < 4.78 is 24.5. The lowest BCUT2D eigenvalue weighted by atomic mass is 10.2. The fourth-order valence-corrected chi connectivity index (χ4v) is 3.31. The number of piperazine rings is 1. The molecule has 1 atom stereocenters. The summed E-state index contributed by atoms with van der Waals surface area (Å²) in [5, 5.41) is 2.08. The van der Waals surface area contributed by atoms with Crippen LogP contribution in [0.4, 0.5) is 0 Å². The quantitative estimate of drug-likeness (QED) is 0.539. The van der Waals surface area contributed by atoms with Crippen LogP contribution in [0, 0.1) is 0 Å². The zero-order valence-corrected chi connectivity index (χ0v) is 10.3. The van der Waals surface area contributed by atoms with Gasteiger partial charge >= 0.3 is 0 Å². The molecule has 1 saturated heterocycles. The fourth-order valence-electron chi connectivity index (χ4n) is 1.38. The van der Waals surface area contributed by atoms with Crippen LogP contribution in [0.15, 0.2) is 0 Å². The molecule has 0 radical (unpaired) electrons. The number of hydrogen-bond acceptors (Lipinski definition) is 4. The smallest absolute Gasteiger partial charge is 0.244 e. The van der Waals surface area contributed by atoms with Gasteiger partial charge in [0.1, 0.15) is 6.04 Å². The summed E-state index contributed by atoms with van der Waals surface area (Å²) in [7, 11) is -3.59. The van der Waals surface area contributed by atoms with Gasteiger partial charge in [0.15, 0.2) is 0 Å². The minimum Gasteiger partial charge on any atom is -0.294 e. The highest BCUT2D eigenvalue weighted by Gasteiger charge is 2.37. The second kappa shape index (κ2) is 5.11. The molecule has 0 aromatic rings. The third kappa shape index (κ3) is 2.93. The lowest BCUT2D eigenvalue weighted by Gasteiger charge is -2.30. The van der Waals surface area contributed by atoms with Gasteiger partial charge in [0.25, 0.3) is 0 Å². The molecule has 1 unspecified atom stereocenters. The molecule has 1 rings (SSSR count). The molecule has 1 heterocycles. The molecule has 0 aromatic heterocycles. The van der Waals surface area contributed by atoms with Crippen molar-refractivity contribution in [2.75, 3.05) is 18.2 Å². The van der Waals surface area contributed by atoms with Gasteiger partial charge < -0.3 is 0 Å². The van der Waals surface area contributed by atoms with Gasteiger partial charge in [-0.15, -0.1) is 11.6 Å². The van der Waals surface area contributed by atoms with E-state index in [1.807, 2.05) is 0 Å². The molecule has 0 bridgehead atoms. The van der Waals surface area contributed by atoms with E-state index in [0.717, 1.165) is 4.31 Å². The summed E-state index contributed by atoms with van der Waals surface area (Å²) in [5.41, 5.74) is 0. The second-order valence-electron chi connectivity index (χ2n) is 3.49. The van der Waals surface area contributed by atoms with Crippen LogP contribution in [-0.4, -0.2) is 48.8 Å². The second-order valence-corrected chi connectivity index (χ2v) is 5.91. The fraction of sp³-hybridized carbons (Fsp3) is 0.750. The highest BCUT2D eigenvalue weighted by Crippen LogP contribution is 2.12. The van der Waals surface area contributed by atoms with Crippen molar-refractivity contribution >= 4 is 33.4 Å². The summed E-state index contributed by atoms with van der Waals surface area (Å²) >= 11 is 5.41. The third-order valence-corrected chi connectivity index (χ3v) is 4.50. The molecule has 8 heteroatoms. The van der Waals surface area contributed by atoms with Crippen LogP contribution in [-0.2, 0) is 19.6 Å². The van der Waals surface area contributed by atoms with Gasteiger partial charge in [0.2, 0.25) is 21.8 Å². The Morgan fingerprint density at radius 1 is 1.50 bits per heavy atom. The topological polar surface area (TPSA) is 83.6 Å². The Morgan fingerprint density at radius 2 is 2.12 bits per heavy atom. The highest BCUT2D eigenvalue weighted by molar-refractivity contribution is 7.89. The number of nitrogens with zero attached hydrogens (tertiary/aromatic N) is 1. The van der Waals surface area contributed by atoms with Crippen LogP contribution in [0.1, 0.15) is 13.3 Å². The summed E-state index contributed by atoms with van der Waals surface area (Å²) in [4.78, 5) is 22.4. The molecule has 16 heavy (non-hydrogen) atoms. The van der Waals surface area contributed by atoms with E-state index in [1.54, 1.807) is 0 Å². The molecule has 92 valence electrons. The summed E-state index contributed by atoms with van der Waals surface area (Å²) in [5.74, 6) is -1.12. The zero-order valence-electron chi connectivity index (χ0n) is 8.77. The van der Waals surface area contributed by atoms with E-state index in [2.05, 4.69) is 5.32 Å². The van der Waals surface area contributed by atoms with Gasteiger partial charge in [-0.2, -0.15) is 4.31 Å². The van der Waals surface area contributed by atoms with Crippen molar-refractivity contribution in [1.29, 1.82) is 0 Å². The van der Waals surface area contributed by atoms with Crippen LogP contribution in [0.25, 0.3) is 0 Å². The number of amides is 2. The number of carbonyl (C=O) groups is 2. The minimum atomic E-state index is -3.59. The van der Waals surface area contributed by atoms with E-state index >= 15 is 0 Å². The molecule has 0 aromatic carbocycles. The number of halogens is 1. The van der Waals surface area contributed by atoms with E-state index in [1.165, 1.54) is 6.92 Å². The van der Waals surface area contributed by atoms with Gasteiger partial charge in [-0.3, -0.25) is 14.9 Å². The van der Waals surface area contributed by atoms with Crippen LogP contribution in [0.3, 0.4) is 0 Å². The Labute approximate surface area is 99.0 Å². The van der Waals surface area contributed by atoms with Crippen molar-refractivity contribution in [3.63, 3.8) is 0 Å². The maximum atomic E-state index is 11.8. The van der Waals surface area contributed by atoms with Crippen LogP contribution < -0.4 is 5.32 Å². The van der Waals surface area contributed by atoms with Crippen LogP contribution in [0.5, 0.6) is 0 Å². The van der Waals surface area contributed by atoms with Crippen molar-refractivity contribution in [3.05, 3.63) is 0 Å². The normalized spacial score (nSPS) is 23.2. The first-order chi connectivity index (χ1) is 7.38. The molecule has 0 saturated carbocycles. The Balaban J connectivity index is 2.85. The number of imide groups is 1. The largest absolute Gasteiger partial charge is 0.294 e. The number of alkyl halides is 1. The minimum absolute atomic E-state index is 0.151. The first-order valence-corrected chi connectivity index (χ1v) is 6.92. The molecule has 2 amide bonds. The predicted molar refractivity (Wildman–Crippen MR) is 58.4 cm³/mol. The summed E-state index contributed by atoms with van der Waals surface area (Å²) in [6, 6.07) is -0.849. The maximum Gasteiger partial charge on any atom is 0.244 e. The SMILES string of the molecule is CC1C(=O)NC(=O)CN1S(=O)(=O)CCCCl. The van der Waals surface area contributed by atoms with E-state index < -0.39 is 27.9 Å². The van der Waals surface area contributed by atoms with Gasteiger partial charge in [0.05, 0.1) is 12.3 Å². The van der Waals surface area contributed by atoms with E-state index in [4.69, 9.17) is 11.6 Å². The standard InChI is InChI=1S/C8H13ClN2O4S/c1-6-8(13)10-7(12)5-11(6)16(14,15)4-2-3-9/h6H,2-5H2,1H3,(H,10,12,13). The van der Waals surface area contributed by atoms with E-state index in [9.17, 15) is 18.0 Å². The Hall–Kier alpha value is -0.660. The molecule has 1 N–H and O–H groups in total. The molecule has 1 aliphatic heterocycles. The molecule has 1 fully saturated rings. The van der Waals surface area contributed by atoms with Crippen molar-refractivity contribution in [1.82, 2.24) is 9.62 Å². The van der Waals surface area contributed by atoms with Gasteiger partial charge in [-0.1, -0.05) is 0 Å². The monoisotopic (exact) mass is 268 g/mol. The van der Waals surface area contributed by atoms with Gasteiger partial charge in [-0.25, -0.2) is 8.42 Å². The van der Waals surface area contributed by atoms with Crippen molar-refractivity contribution < 1.29 is 18.0 Å². The first kappa shape index (κ1) is 13.4. The van der Waals surface area contributed by atoms with Crippen molar-refractivity contribution in [2.45, 2.75) is 19.4 Å². The number of nitrogens with one attached hydrogen (secondary N) is 1. The highest BCUT2D eigenvalue weighted by atomic mass is 35.5. The van der Waals surface area contributed by atoms with Crippen molar-refractivity contribution in [3.8, 4) is 0 Å².